The second kappa shape index (κ2) is 8.80. The SMILES string of the molecule is C=C[C@@H]1C[C@]1(NC(=O)OCc1ccccc1)[P@](=O)(Cc1ncccc1O)OCC. The Morgan fingerprint density at radius 2 is 2.14 bits per heavy atom. The zero-order valence-corrected chi connectivity index (χ0v) is 17.2. The van der Waals surface area contributed by atoms with Crippen LogP contribution in [-0.4, -0.2) is 28.1 Å². The van der Waals surface area contributed by atoms with Crippen molar-refractivity contribution in [3.8, 4) is 5.75 Å². The average molecular weight is 416 g/mol. The largest absolute Gasteiger partial charge is 0.506 e. The molecule has 0 saturated heterocycles. The average Bonchev–Trinajstić information content (AvgIpc) is 3.44. The van der Waals surface area contributed by atoms with E-state index in [4.69, 9.17) is 9.26 Å². The van der Waals surface area contributed by atoms with Crippen molar-refractivity contribution in [3.05, 3.63) is 72.6 Å². The number of aromatic hydroxyl groups is 1. The van der Waals surface area contributed by atoms with Crippen molar-refractivity contribution < 1.29 is 23.7 Å². The fourth-order valence-electron chi connectivity index (χ4n) is 3.37. The van der Waals surface area contributed by atoms with Gasteiger partial charge in [0.15, 0.2) is 0 Å². The molecule has 154 valence electrons. The summed E-state index contributed by atoms with van der Waals surface area (Å²) in [4.78, 5) is 16.6. The van der Waals surface area contributed by atoms with Crippen LogP contribution in [0.1, 0.15) is 24.6 Å². The summed E-state index contributed by atoms with van der Waals surface area (Å²) >= 11 is 0. The molecule has 2 aromatic rings. The summed E-state index contributed by atoms with van der Waals surface area (Å²) < 4.78 is 24.9. The lowest BCUT2D eigenvalue weighted by Gasteiger charge is -2.29. The van der Waals surface area contributed by atoms with Gasteiger partial charge in [-0.2, -0.15) is 0 Å². The second-order valence-electron chi connectivity index (χ2n) is 6.88. The monoisotopic (exact) mass is 416 g/mol. The number of hydrogen-bond acceptors (Lipinski definition) is 6. The van der Waals surface area contributed by atoms with Gasteiger partial charge in [0.1, 0.15) is 17.6 Å². The summed E-state index contributed by atoms with van der Waals surface area (Å²) in [5.41, 5.74) is 1.11. The number of benzene rings is 1. The molecule has 1 aliphatic rings. The molecule has 29 heavy (non-hydrogen) atoms. The Morgan fingerprint density at radius 3 is 2.76 bits per heavy atom. The fourth-order valence-corrected chi connectivity index (χ4v) is 6.38. The van der Waals surface area contributed by atoms with E-state index in [-0.39, 0.29) is 36.7 Å². The summed E-state index contributed by atoms with van der Waals surface area (Å²) in [7, 11) is -3.49. The number of amides is 1. The first-order chi connectivity index (χ1) is 13.9. The van der Waals surface area contributed by atoms with Crippen LogP contribution in [0.2, 0.25) is 0 Å². The molecule has 8 heteroatoms. The lowest BCUT2D eigenvalue weighted by molar-refractivity contribution is 0.136. The molecule has 0 radical (unpaired) electrons. The number of nitrogens with zero attached hydrogens (tertiary/aromatic N) is 1. The highest BCUT2D eigenvalue weighted by Gasteiger charge is 2.66. The molecule has 1 aliphatic carbocycles. The van der Waals surface area contributed by atoms with E-state index in [0.717, 1.165) is 5.56 Å². The summed E-state index contributed by atoms with van der Waals surface area (Å²) in [6.45, 7) is 5.81. The number of nitrogens with one attached hydrogen (secondary N) is 1. The standard InChI is InChI=1S/C21H25N2O5P/c1-3-17-13-21(17,23-20(25)27-14-16-9-6-5-7-10-16)29(26,28-4-2)15-18-19(24)11-8-12-22-18/h3,5-12,17,24H,1,4,13-15H2,2H3,(H,23,25)/t17-,21+,29+/m1/s1. The van der Waals surface area contributed by atoms with Crippen molar-refractivity contribution in [1.29, 1.82) is 0 Å². The minimum atomic E-state index is -3.49. The molecule has 7 nitrogen and oxygen atoms in total. The maximum atomic E-state index is 13.9. The number of aromatic nitrogens is 1. The van der Waals surface area contributed by atoms with Gasteiger partial charge in [0.2, 0.25) is 7.37 Å². The first kappa shape index (κ1) is 21.1. The molecule has 1 heterocycles. The van der Waals surface area contributed by atoms with E-state index in [1.54, 1.807) is 19.1 Å². The van der Waals surface area contributed by atoms with Gasteiger partial charge >= 0.3 is 6.09 Å². The van der Waals surface area contributed by atoms with Gasteiger partial charge in [0.25, 0.3) is 0 Å². The van der Waals surface area contributed by atoms with Crippen LogP contribution in [0.15, 0.2) is 61.3 Å². The fraction of sp³-hybridized carbons (Fsp3) is 0.333. The van der Waals surface area contributed by atoms with Crippen LogP contribution in [-0.2, 0) is 26.6 Å². The minimum Gasteiger partial charge on any atom is -0.506 e. The summed E-state index contributed by atoms with van der Waals surface area (Å²) in [5.74, 6) is -0.292. The molecule has 3 atom stereocenters. The molecule has 0 aliphatic heterocycles. The normalized spacial score (nSPS) is 22.3. The third-order valence-corrected chi connectivity index (χ3v) is 8.20. The molecule has 0 bridgehead atoms. The van der Waals surface area contributed by atoms with Gasteiger partial charge in [0.05, 0.1) is 18.5 Å². The predicted octanol–water partition coefficient (Wildman–Crippen LogP) is 4.43. The van der Waals surface area contributed by atoms with Crippen molar-refractivity contribution in [2.45, 2.75) is 31.4 Å². The van der Waals surface area contributed by atoms with Gasteiger partial charge in [-0.1, -0.05) is 36.4 Å². The Morgan fingerprint density at radius 1 is 1.38 bits per heavy atom. The smallest absolute Gasteiger partial charge is 0.408 e. The highest BCUT2D eigenvalue weighted by atomic mass is 31.2. The van der Waals surface area contributed by atoms with Crippen molar-refractivity contribution >= 4 is 13.5 Å². The number of pyridine rings is 1. The molecule has 1 aromatic carbocycles. The molecule has 1 aromatic heterocycles. The summed E-state index contributed by atoms with van der Waals surface area (Å²) in [5, 5.41) is 11.7. The van der Waals surface area contributed by atoms with E-state index < -0.39 is 18.7 Å². The van der Waals surface area contributed by atoms with Gasteiger partial charge in [-0.05, 0) is 31.0 Å². The molecule has 0 spiro atoms. The van der Waals surface area contributed by atoms with Crippen LogP contribution >= 0.6 is 7.37 Å². The summed E-state index contributed by atoms with van der Waals surface area (Å²) in [6.07, 6.45) is 2.81. The second-order valence-corrected chi connectivity index (χ2v) is 9.60. The number of carbonyl (C=O) groups is 1. The molecule has 1 amide bonds. The van der Waals surface area contributed by atoms with E-state index in [2.05, 4.69) is 16.9 Å². The van der Waals surface area contributed by atoms with Gasteiger partial charge in [-0.3, -0.25) is 9.55 Å². The number of carbonyl (C=O) groups excluding carboxylic acids is 1. The van der Waals surface area contributed by atoms with Crippen LogP contribution in [0, 0.1) is 5.92 Å². The minimum absolute atomic E-state index is 0.0648. The van der Waals surface area contributed by atoms with Crippen LogP contribution < -0.4 is 5.32 Å². The number of ether oxygens (including phenoxy) is 1. The molecule has 0 unspecified atom stereocenters. The Kier molecular flexibility index (Phi) is 6.40. The highest BCUT2D eigenvalue weighted by molar-refractivity contribution is 7.60. The molecular weight excluding hydrogens is 391 g/mol. The number of alkyl carbamates (subject to hydrolysis) is 1. The van der Waals surface area contributed by atoms with Crippen molar-refractivity contribution in [2.24, 2.45) is 5.92 Å². The maximum Gasteiger partial charge on any atom is 0.408 e. The van der Waals surface area contributed by atoms with Crippen molar-refractivity contribution in [1.82, 2.24) is 10.3 Å². The topological polar surface area (TPSA) is 97.8 Å². The van der Waals surface area contributed by atoms with E-state index >= 15 is 0 Å². The van der Waals surface area contributed by atoms with E-state index in [1.807, 2.05) is 30.3 Å². The third-order valence-electron chi connectivity index (χ3n) is 4.97. The molecule has 1 fully saturated rings. The Bertz CT molecular complexity index is 920. The van der Waals surface area contributed by atoms with Crippen LogP contribution in [0.25, 0.3) is 0 Å². The van der Waals surface area contributed by atoms with Crippen molar-refractivity contribution in [3.63, 3.8) is 0 Å². The number of rotatable bonds is 9. The zero-order chi connectivity index (χ0) is 20.9. The van der Waals surface area contributed by atoms with Gasteiger partial charge in [-0.25, -0.2) is 4.79 Å². The zero-order valence-electron chi connectivity index (χ0n) is 16.3. The molecular formula is C21H25N2O5P. The van der Waals surface area contributed by atoms with Crippen LogP contribution in [0.3, 0.4) is 0 Å². The predicted molar refractivity (Wildman–Crippen MR) is 110 cm³/mol. The summed E-state index contributed by atoms with van der Waals surface area (Å²) in [6, 6.07) is 12.4. The first-order valence-electron chi connectivity index (χ1n) is 9.42. The Hall–Kier alpha value is -2.63. The Labute approximate surface area is 170 Å². The third kappa shape index (κ3) is 4.52. The highest BCUT2D eigenvalue weighted by Crippen LogP contribution is 2.73. The molecule has 1 saturated carbocycles. The van der Waals surface area contributed by atoms with E-state index in [9.17, 15) is 14.5 Å². The van der Waals surface area contributed by atoms with Crippen molar-refractivity contribution in [2.75, 3.05) is 6.61 Å². The van der Waals surface area contributed by atoms with Gasteiger partial charge in [-0.15, -0.1) is 6.58 Å². The first-order valence-corrected chi connectivity index (χ1v) is 11.2. The van der Waals surface area contributed by atoms with E-state index in [1.165, 1.54) is 12.3 Å². The lowest BCUT2D eigenvalue weighted by atomic mass is 10.2. The van der Waals surface area contributed by atoms with E-state index in [0.29, 0.717) is 6.42 Å². The lowest BCUT2D eigenvalue weighted by Crippen LogP contribution is -2.39. The van der Waals surface area contributed by atoms with Crippen LogP contribution in [0.4, 0.5) is 4.79 Å². The number of hydrogen-bond donors (Lipinski definition) is 2. The van der Waals surface area contributed by atoms with Gasteiger partial charge < -0.3 is 19.7 Å². The van der Waals surface area contributed by atoms with Gasteiger partial charge in [0, 0.05) is 12.1 Å². The molecule has 2 N–H and O–H groups in total. The van der Waals surface area contributed by atoms with Crippen LogP contribution in [0.5, 0.6) is 5.75 Å². The molecule has 3 rings (SSSR count). The maximum absolute atomic E-state index is 13.9. The Balaban J connectivity index is 1.79. The quantitative estimate of drug-likeness (QED) is 0.464.